The number of hydrogen-bond donors (Lipinski definition) is 0. The first-order valence-electron chi connectivity index (χ1n) is 9.54. The second-order valence-corrected chi connectivity index (χ2v) is 8.86. The van der Waals surface area contributed by atoms with E-state index in [0.717, 1.165) is 36.1 Å². The highest BCUT2D eigenvalue weighted by molar-refractivity contribution is 6.75. The zero-order chi connectivity index (χ0) is 19.7. The van der Waals surface area contributed by atoms with Crippen LogP contribution in [0, 0.1) is 11.6 Å². The molecule has 0 atom stereocenters. The van der Waals surface area contributed by atoms with E-state index in [2.05, 4.69) is 0 Å². The van der Waals surface area contributed by atoms with E-state index in [0.29, 0.717) is 25.4 Å². The summed E-state index contributed by atoms with van der Waals surface area (Å²) < 4.78 is 45.1. The van der Waals surface area contributed by atoms with Crippen LogP contribution in [0.4, 0.5) is 8.78 Å². The third-order valence-corrected chi connectivity index (χ3v) is 6.77. The molecule has 6 heteroatoms. The molecule has 3 nitrogen and oxygen atoms in total. The smallest absolute Gasteiger partial charge is 0.370 e. The van der Waals surface area contributed by atoms with Gasteiger partial charge in [-0.2, -0.15) is 0 Å². The van der Waals surface area contributed by atoms with Gasteiger partial charge in [-0.3, -0.25) is 0 Å². The molecule has 148 valence electrons. The van der Waals surface area contributed by atoms with Crippen molar-refractivity contribution in [3.05, 3.63) is 54.1 Å². The fourth-order valence-electron chi connectivity index (χ4n) is 2.63. The van der Waals surface area contributed by atoms with Gasteiger partial charge in [0.2, 0.25) is 0 Å². The van der Waals surface area contributed by atoms with Gasteiger partial charge in [0.25, 0.3) is 0 Å². The molecule has 0 amide bonds. The Labute approximate surface area is 161 Å². The van der Waals surface area contributed by atoms with Gasteiger partial charge in [0, 0.05) is 25.0 Å². The molecule has 2 aromatic carbocycles. The monoisotopic (exact) mass is 394 g/mol. The summed E-state index contributed by atoms with van der Waals surface area (Å²) in [7, 11) is -3.01. The van der Waals surface area contributed by atoms with E-state index >= 15 is 0 Å². The number of halogens is 2. The molecule has 0 saturated heterocycles. The summed E-state index contributed by atoms with van der Waals surface area (Å²) in [5.74, 6) is -1.71. The van der Waals surface area contributed by atoms with E-state index in [1.54, 1.807) is 6.07 Å². The molecule has 0 spiro atoms. The zero-order valence-corrected chi connectivity index (χ0v) is 17.3. The second kappa shape index (κ2) is 10.7. The van der Waals surface area contributed by atoms with Crippen molar-refractivity contribution in [1.29, 1.82) is 0 Å². The van der Waals surface area contributed by atoms with Gasteiger partial charge in [-0.15, -0.1) is 0 Å². The molecule has 0 saturated carbocycles. The van der Waals surface area contributed by atoms with Gasteiger partial charge in [0.15, 0.2) is 11.6 Å². The first-order chi connectivity index (χ1) is 13.1. The van der Waals surface area contributed by atoms with Gasteiger partial charge in [0.05, 0.1) is 0 Å². The first-order valence-corrected chi connectivity index (χ1v) is 11.3. The van der Waals surface area contributed by atoms with Crippen LogP contribution in [-0.4, -0.2) is 28.6 Å². The number of benzene rings is 2. The molecule has 0 radical (unpaired) electrons. The normalized spacial score (nSPS) is 11.7. The number of rotatable bonds is 11. The molecule has 0 unspecified atom stereocenters. The van der Waals surface area contributed by atoms with Crippen molar-refractivity contribution < 1.29 is 22.1 Å². The predicted octanol–water partition coefficient (Wildman–Crippen LogP) is 5.06. The summed E-state index contributed by atoms with van der Waals surface area (Å²) in [5.41, 5.74) is 1.41. The van der Waals surface area contributed by atoms with E-state index < -0.39 is 20.4 Å². The van der Waals surface area contributed by atoms with Crippen LogP contribution in [0.1, 0.15) is 40.0 Å². The maximum Gasteiger partial charge on any atom is 0.537 e. The van der Waals surface area contributed by atoms with E-state index in [4.69, 9.17) is 13.3 Å². The lowest BCUT2D eigenvalue weighted by Gasteiger charge is -2.30. The van der Waals surface area contributed by atoms with Crippen LogP contribution in [0.3, 0.4) is 0 Å². The van der Waals surface area contributed by atoms with E-state index in [9.17, 15) is 8.78 Å². The molecule has 0 N–H and O–H groups in total. The van der Waals surface area contributed by atoms with E-state index in [1.807, 2.05) is 45.0 Å². The van der Waals surface area contributed by atoms with E-state index in [1.165, 1.54) is 6.07 Å². The Bertz CT molecular complexity index is 685. The SMILES string of the molecule is CCCO[Si](OCCC)(OCCC)c1ccc(-c2ccc(F)c(F)c2)cc1. The molecule has 0 aliphatic carbocycles. The van der Waals surface area contributed by atoms with Gasteiger partial charge in [-0.1, -0.05) is 51.1 Å². The lowest BCUT2D eigenvalue weighted by Crippen LogP contribution is -2.57. The predicted molar refractivity (Wildman–Crippen MR) is 106 cm³/mol. The third kappa shape index (κ3) is 5.69. The lowest BCUT2D eigenvalue weighted by molar-refractivity contribution is 0.0732. The fraction of sp³-hybridized carbons (Fsp3) is 0.429. The molecule has 0 aliphatic heterocycles. The van der Waals surface area contributed by atoms with Crippen molar-refractivity contribution >= 4 is 14.0 Å². The topological polar surface area (TPSA) is 27.7 Å². The largest absolute Gasteiger partial charge is 0.537 e. The number of hydrogen-bond acceptors (Lipinski definition) is 3. The fourth-order valence-corrected chi connectivity index (χ4v) is 5.37. The zero-order valence-electron chi connectivity index (χ0n) is 16.3. The Hall–Kier alpha value is -1.60. The minimum absolute atomic E-state index is 0.560. The van der Waals surface area contributed by atoms with Crippen LogP contribution in [0.5, 0.6) is 0 Å². The summed E-state index contributed by atoms with van der Waals surface area (Å²) in [4.78, 5) is 0. The molecule has 0 aliphatic rings. The standard InChI is InChI=1S/C21H28F2O3Si/c1-4-13-24-27(25-14-5-2,26-15-6-3)19-10-7-17(8-11-19)18-9-12-20(22)21(23)16-18/h7-12,16H,4-6,13-15H2,1-3H3. The summed E-state index contributed by atoms with van der Waals surface area (Å²) in [6.07, 6.45) is 2.60. The maximum atomic E-state index is 13.5. The molecule has 0 aromatic heterocycles. The summed E-state index contributed by atoms with van der Waals surface area (Å²) in [6, 6.07) is 11.4. The Morgan fingerprint density at radius 3 is 1.59 bits per heavy atom. The maximum absolute atomic E-state index is 13.5. The van der Waals surface area contributed by atoms with E-state index in [-0.39, 0.29) is 0 Å². The summed E-state index contributed by atoms with van der Waals surface area (Å²) >= 11 is 0. The minimum Gasteiger partial charge on any atom is -0.370 e. The van der Waals surface area contributed by atoms with Crippen LogP contribution in [0.25, 0.3) is 11.1 Å². The van der Waals surface area contributed by atoms with Crippen molar-refractivity contribution in [2.75, 3.05) is 19.8 Å². The molecular formula is C21H28F2O3Si. The molecule has 2 rings (SSSR count). The highest BCUT2D eigenvalue weighted by atomic mass is 28.4. The lowest BCUT2D eigenvalue weighted by atomic mass is 10.1. The Morgan fingerprint density at radius 2 is 1.15 bits per heavy atom. The van der Waals surface area contributed by atoms with Gasteiger partial charge in [0.1, 0.15) is 0 Å². The van der Waals surface area contributed by atoms with Crippen molar-refractivity contribution in [3.8, 4) is 11.1 Å². The summed E-state index contributed by atoms with van der Waals surface area (Å²) in [5, 5.41) is 0.879. The third-order valence-electron chi connectivity index (χ3n) is 3.98. The average Bonchev–Trinajstić information content (AvgIpc) is 2.70. The molecular weight excluding hydrogens is 366 g/mol. The van der Waals surface area contributed by atoms with Crippen LogP contribution in [-0.2, 0) is 13.3 Å². The van der Waals surface area contributed by atoms with Crippen LogP contribution >= 0.6 is 0 Å². The highest BCUT2D eigenvalue weighted by Crippen LogP contribution is 2.22. The highest BCUT2D eigenvalue weighted by Gasteiger charge is 2.43. The molecule has 0 heterocycles. The Balaban J connectivity index is 2.34. The second-order valence-electron chi connectivity index (χ2n) is 6.31. The van der Waals surface area contributed by atoms with Crippen molar-refractivity contribution in [2.45, 2.75) is 40.0 Å². The van der Waals surface area contributed by atoms with Gasteiger partial charge in [-0.25, -0.2) is 8.78 Å². The molecule has 2 aromatic rings. The van der Waals surface area contributed by atoms with Crippen molar-refractivity contribution in [3.63, 3.8) is 0 Å². The summed E-state index contributed by atoms with van der Waals surface area (Å²) in [6.45, 7) is 7.82. The molecule has 0 fully saturated rings. The van der Waals surface area contributed by atoms with Crippen LogP contribution < -0.4 is 5.19 Å². The Morgan fingerprint density at radius 1 is 0.667 bits per heavy atom. The quantitative estimate of drug-likeness (QED) is 0.499. The average molecular weight is 395 g/mol. The molecule has 27 heavy (non-hydrogen) atoms. The van der Waals surface area contributed by atoms with Gasteiger partial charge < -0.3 is 13.3 Å². The minimum atomic E-state index is -3.01. The van der Waals surface area contributed by atoms with Crippen LogP contribution in [0.15, 0.2) is 42.5 Å². The van der Waals surface area contributed by atoms with Crippen molar-refractivity contribution in [2.24, 2.45) is 0 Å². The van der Waals surface area contributed by atoms with Crippen molar-refractivity contribution in [1.82, 2.24) is 0 Å². The Kier molecular flexibility index (Phi) is 8.56. The molecule has 0 bridgehead atoms. The van der Waals surface area contributed by atoms with Crippen LogP contribution in [0.2, 0.25) is 0 Å². The first kappa shape index (κ1) is 21.7. The van der Waals surface area contributed by atoms with Gasteiger partial charge in [-0.05, 0) is 42.5 Å². The van der Waals surface area contributed by atoms with Gasteiger partial charge >= 0.3 is 8.80 Å².